The topological polar surface area (TPSA) is 66.0 Å². The molecule has 1 aliphatic heterocycles. The van der Waals surface area contributed by atoms with E-state index in [2.05, 4.69) is 0 Å². The van der Waals surface area contributed by atoms with Crippen LogP contribution in [0.4, 0.5) is 0 Å². The summed E-state index contributed by atoms with van der Waals surface area (Å²) in [6.07, 6.45) is 1.76. The number of nitrogens with one attached hydrogen (secondary N) is 1. The third-order valence-electron chi connectivity index (χ3n) is 4.03. The molecule has 2 rings (SSSR count). The first-order chi connectivity index (χ1) is 9.63. The number of rotatable bonds is 5. The fraction of sp³-hybridized carbons (Fsp3) is 0.533. The maximum Gasteiger partial charge on any atom is 0.220 e. The summed E-state index contributed by atoms with van der Waals surface area (Å²) in [5.74, 6) is 1.55. The highest BCUT2D eigenvalue weighted by atomic mass is 16.5. The first-order valence-electron chi connectivity index (χ1n) is 6.97. The van der Waals surface area contributed by atoms with Gasteiger partial charge in [0.1, 0.15) is 18.0 Å². The van der Waals surface area contributed by atoms with Crippen LogP contribution in [0.25, 0.3) is 0 Å². The van der Waals surface area contributed by atoms with Crippen LogP contribution >= 0.6 is 0 Å². The normalized spacial score (nSPS) is 22.3. The molecule has 1 aromatic carbocycles. The number of likely N-dealkylation sites (tertiary alicyclic amines) is 1. The minimum absolute atomic E-state index is 0.0523. The van der Waals surface area contributed by atoms with Crippen molar-refractivity contribution in [3.63, 3.8) is 0 Å². The molecule has 1 fully saturated rings. The first kappa shape index (κ1) is 14.7. The molecule has 0 unspecified atom stereocenters. The fourth-order valence-corrected chi connectivity index (χ4v) is 2.75. The van der Waals surface area contributed by atoms with Gasteiger partial charge in [0.2, 0.25) is 5.91 Å². The van der Waals surface area contributed by atoms with Gasteiger partial charge in [-0.2, -0.15) is 0 Å². The van der Waals surface area contributed by atoms with E-state index in [1.807, 2.05) is 18.2 Å². The van der Waals surface area contributed by atoms with Crippen LogP contribution in [-0.2, 0) is 11.3 Å². The maximum absolute atomic E-state index is 11.2. The molecular weight excluding hydrogens is 256 g/mol. The zero-order chi connectivity index (χ0) is 14.5. The number of quaternary nitrogens is 1. The lowest BCUT2D eigenvalue weighted by Gasteiger charge is -2.28. The minimum atomic E-state index is -0.161. The highest BCUT2D eigenvalue weighted by Crippen LogP contribution is 2.24. The molecule has 20 heavy (non-hydrogen) atoms. The summed E-state index contributed by atoms with van der Waals surface area (Å²) < 4.78 is 10.6. The Bertz CT molecular complexity index is 468. The van der Waals surface area contributed by atoms with E-state index >= 15 is 0 Å². The number of hydrogen-bond donors (Lipinski definition) is 2. The van der Waals surface area contributed by atoms with E-state index in [1.165, 1.54) is 10.5 Å². The van der Waals surface area contributed by atoms with Gasteiger partial charge in [-0.3, -0.25) is 4.79 Å². The highest BCUT2D eigenvalue weighted by Gasteiger charge is 2.26. The predicted molar refractivity (Wildman–Crippen MR) is 75.9 cm³/mol. The highest BCUT2D eigenvalue weighted by molar-refractivity contribution is 5.76. The van der Waals surface area contributed by atoms with Gasteiger partial charge in [-0.25, -0.2) is 0 Å². The van der Waals surface area contributed by atoms with Crippen molar-refractivity contribution in [3.05, 3.63) is 23.8 Å². The summed E-state index contributed by atoms with van der Waals surface area (Å²) in [5.41, 5.74) is 6.53. The molecule has 0 spiro atoms. The van der Waals surface area contributed by atoms with E-state index in [4.69, 9.17) is 15.2 Å². The molecule has 3 N–H and O–H groups in total. The fourth-order valence-electron chi connectivity index (χ4n) is 2.75. The Labute approximate surface area is 119 Å². The summed E-state index contributed by atoms with van der Waals surface area (Å²) in [5, 5.41) is 0. The molecule has 1 amide bonds. The third-order valence-corrected chi connectivity index (χ3v) is 4.03. The lowest BCUT2D eigenvalue weighted by Crippen LogP contribution is -3.11. The van der Waals surface area contributed by atoms with Crippen LogP contribution < -0.4 is 20.1 Å². The standard InChI is InChI=1S/C15H22N2O3/c1-19-13-4-3-12(14(9-13)20-2)10-17-7-5-11(6-8-17)15(16)18/h3-4,9,11H,5-8,10H2,1-2H3,(H2,16,18)/p+1. The monoisotopic (exact) mass is 279 g/mol. The Hall–Kier alpha value is -1.75. The second kappa shape index (κ2) is 6.61. The molecule has 0 aromatic heterocycles. The van der Waals surface area contributed by atoms with Crippen molar-refractivity contribution in [2.75, 3.05) is 27.3 Å². The second-order valence-corrected chi connectivity index (χ2v) is 5.28. The molecule has 1 aliphatic rings. The summed E-state index contributed by atoms with van der Waals surface area (Å²) >= 11 is 0. The molecule has 5 heteroatoms. The Balaban J connectivity index is 1.99. The van der Waals surface area contributed by atoms with Crippen LogP contribution in [0.2, 0.25) is 0 Å². The van der Waals surface area contributed by atoms with E-state index in [1.54, 1.807) is 14.2 Å². The number of methoxy groups -OCH3 is 2. The molecule has 110 valence electrons. The van der Waals surface area contributed by atoms with Gasteiger partial charge >= 0.3 is 0 Å². The van der Waals surface area contributed by atoms with Crippen molar-refractivity contribution in [2.45, 2.75) is 19.4 Å². The van der Waals surface area contributed by atoms with Gasteiger partial charge in [0.15, 0.2) is 0 Å². The molecule has 0 atom stereocenters. The summed E-state index contributed by atoms with van der Waals surface area (Å²) in [6, 6.07) is 5.91. The van der Waals surface area contributed by atoms with Gasteiger partial charge in [-0.05, 0) is 12.1 Å². The largest absolute Gasteiger partial charge is 0.497 e. The first-order valence-corrected chi connectivity index (χ1v) is 6.97. The van der Waals surface area contributed by atoms with Crippen LogP contribution in [0.3, 0.4) is 0 Å². The average molecular weight is 279 g/mol. The van der Waals surface area contributed by atoms with Gasteiger partial charge < -0.3 is 20.1 Å². The van der Waals surface area contributed by atoms with Crippen molar-refractivity contribution in [1.82, 2.24) is 0 Å². The van der Waals surface area contributed by atoms with E-state index in [-0.39, 0.29) is 11.8 Å². The number of benzene rings is 1. The zero-order valence-corrected chi connectivity index (χ0v) is 12.1. The van der Waals surface area contributed by atoms with Gasteiger partial charge in [-0.1, -0.05) is 0 Å². The number of hydrogen-bond acceptors (Lipinski definition) is 3. The summed E-state index contributed by atoms with van der Waals surface area (Å²) in [7, 11) is 3.32. The number of piperidine rings is 1. The van der Waals surface area contributed by atoms with E-state index in [0.717, 1.165) is 44.0 Å². The molecular formula is C15H23N2O3+. The van der Waals surface area contributed by atoms with Gasteiger partial charge in [0.25, 0.3) is 0 Å². The second-order valence-electron chi connectivity index (χ2n) is 5.28. The summed E-state index contributed by atoms with van der Waals surface area (Å²) in [4.78, 5) is 12.6. The van der Waals surface area contributed by atoms with Gasteiger partial charge in [0, 0.05) is 30.4 Å². The Morgan fingerprint density at radius 1 is 1.30 bits per heavy atom. The zero-order valence-electron chi connectivity index (χ0n) is 12.1. The van der Waals surface area contributed by atoms with Crippen LogP contribution in [-0.4, -0.2) is 33.2 Å². The summed E-state index contributed by atoms with van der Waals surface area (Å²) in [6.45, 7) is 2.85. The van der Waals surface area contributed by atoms with Crippen molar-refractivity contribution < 1.29 is 19.2 Å². The quantitative estimate of drug-likeness (QED) is 0.796. The molecule has 0 aliphatic carbocycles. The number of amides is 1. The van der Waals surface area contributed by atoms with Crippen molar-refractivity contribution in [2.24, 2.45) is 11.7 Å². The number of primary amides is 1. The Kier molecular flexibility index (Phi) is 4.84. The van der Waals surface area contributed by atoms with Crippen LogP contribution in [0.1, 0.15) is 18.4 Å². The van der Waals surface area contributed by atoms with Gasteiger partial charge in [0.05, 0.1) is 27.3 Å². The predicted octanol–water partition coefficient (Wildman–Crippen LogP) is -0.0160. The number of nitrogens with two attached hydrogens (primary N) is 1. The molecule has 5 nitrogen and oxygen atoms in total. The van der Waals surface area contributed by atoms with Crippen molar-refractivity contribution in [1.29, 1.82) is 0 Å². The third kappa shape index (κ3) is 3.42. The van der Waals surface area contributed by atoms with Crippen LogP contribution in [0, 0.1) is 5.92 Å². The maximum atomic E-state index is 11.2. The molecule has 1 saturated heterocycles. The minimum Gasteiger partial charge on any atom is -0.497 e. The van der Waals surface area contributed by atoms with Gasteiger partial charge in [-0.15, -0.1) is 0 Å². The molecule has 0 radical (unpaired) electrons. The lowest BCUT2D eigenvalue weighted by molar-refractivity contribution is -0.919. The number of carbonyl (C=O) groups excluding carboxylic acids is 1. The average Bonchev–Trinajstić information content (AvgIpc) is 2.48. The number of ether oxygens (including phenoxy) is 2. The smallest absolute Gasteiger partial charge is 0.220 e. The SMILES string of the molecule is COc1ccc(C[NH+]2CCC(C(N)=O)CC2)c(OC)c1. The molecule has 0 saturated carbocycles. The molecule has 1 heterocycles. The van der Waals surface area contributed by atoms with Crippen molar-refractivity contribution in [3.8, 4) is 11.5 Å². The molecule has 1 aromatic rings. The Morgan fingerprint density at radius 2 is 2.00 bits per heavy atom. The molecule has 0 bridgehead atoms. The van der Waals surface area contributed by atoms with Crippen molar-refractivity contribution >= 4 is 5.91 Å². The van der Waals surface area contributed by atoms with E-state index in [9.17, 15) is 4.79 Å². The number of carbonyl (C=O) groups is 1. The van der Waals surface area contributed by atoms with Crippen LogP contribution in [0.15, 0.2) is 18.2 Å². The van der Waals surface area contributed by atoms with E-state index < -0.39 is 0 Å². The van der Waals surface area contributed by atoms with E-state index in [0.29, 0.717) is 0 Å². The Morgan fingerprint density at radius 3 is 2.55 bits per heavy atom. The van der Waals surface area contributed by atoms with Crippen LogP contribution in [0.5, 0.6) is 11.5 Å². The lowest BCUT2D eigenvalue weighted by atomic mass is 9.96.